The fourth-order valence-corrected chi connectivity index (χ4v) is 3.59. The standard InChI is InChI=1S/C23H25ClN4/c1-6-10-26-22(15(3)4)17-8-9-19(21(24)12-17)20-11-18-13-25-14-27-23(18)28(7-2)16(20)5/h8-14H,5-7H2,1-4H3. The molecule has 1 aromatic carbocycles. The van der Waals surface area contributed by atoms with Crippen LogP contribution < -0.4 is 4.90 Å². The van der Waals surface area contributed by atoms with E-state index in [0.29, 0.717) is 5.02 Å². The highest BCUT2D eigenvalue weighted by Crippen LogP contribution is 2.40. The van der Waals surface area contributed by atoms with Gasteiger partial charge in [-0.2, -0.15) is 0 Å². The Hall–Kier alpha value is -2.72. The third-order valence-corrected chi connectivity index (χ3v) is 4.95. The Morgan fingerprint density at radius 3 is 2.71 bits per heavy atom. The lowest BCUT2D eigenvalue weighted by Gasteiger charge is -2.31. The first-order chi connectivity index (χ1) is 13.5. The molecule has 0 saturated carbocycles. The zero-order chi connectivity index (χ0) is 20.3. The Kier molecular flexibility index (Phi) is 6.10. The number of rotatable bonds is 5. The largest absolute Gasteiger partial charge is 0.326 e. The Balaban J connectivity index is 2.08. The van der Waals surface area contributed by atoms with Crippen LogP contribution in [-0.2, 0) is 0 Å². The SMILES string of the molecule is C=C1C(c2ccc(C(N=CCC)=C(C)C)cc2Cl)=Cc2cncnc2N1CC. The topological polar surface area (TPSA) is 41.4 Å². The summed E-state index contributed by atoms with van der Waals surface area (Å²) >= 11 is 6.72. The average molecular weight is 393 g/mol. The van der Waals surface area contributed by atoms with Gasteiger partial charge in [0.15, 0.2) is 0 Å². The average Bonchev–Trinajstić information content (AvgIpc) is 2.68. The van der Waals surface area contributed by atoms with Crippen molar-refractivity contribution in [3.05, 3.63) is 70.3 Å². The lowest BCUT2D eigenvalue weighted by Crippen LogP contribution is -2.26. The van der Waals surface area contributed by atoms with Gasteiger partial charge >= 0.3 is 0 Å². The molecular formula is C23H25ClN4. The molecule has 5 heteroatoms. The van der Waals surface area contributed by atoms with Gasteiger partial charge in [-0.1, -0.05) is 42.8 Å². The molecule has 0 aliphatic carbocycles. The van der Waals surface area contributed by atoms with Crippen LogP contribution in [0.5, 0.6) is 0 Å². The van der Waals surface area contributed by atoms with E-state index in [4.69, 9.17) is 11.6 Å². The summed E-state index contributed by atoms with van der Waals surface area (Å²) in [4.78, 5) is 15.3. The van der Waals surface area contributed by atoms with E-state index >= 15 is 0 Å². The molecule has 0 N–H and O–H groups in total. The number of benzene rings is 1. The number of halogens is 1. The third kappa shape index (κ3) is 3.78. The van der Waals surface area contributed by atoms with Gasteiger partial charge < -0.3 is 4.90 Å². The van der Waals surface area contributed by atoms with Crippen LogP contribution in [0.2, 0.25) is 5.02 Å². The van der Waals surface area contributed by atoms with Crippen molar-refractivity contribution in [1.29, 1.82) is 0 Å². The van der Waals surface area contributed by atoms with E-state index in [2.05, 4.69) is 66.3 Å². The summed E-state index contributed by atoms with van der Waals surface area (Å²) in [6.07, 6.45) is 8.25. The zero-order valence-corrected chi connectivity index (χ0v) is 17.6. The summed E-state index contributed by atoms with van der Waals surface area (Å²) in [6, 6.07) is 6.09. The van der Waals surface area contributed by atoms with E-state index in [1.54, 1.807) is 6.33 Å². The van der Waals surface area contributed by atoms with Crippen LogP contribution in [0.3, 0.4) is 0 Å². The van der Waals surface area contributed by atoms with Crippen LogP contribution in [0.25, 0.3) is 17.3 Å². The minimum Gasteiger partial charge on any atom is -0.326 e. The molecule has 1 aliphatic heterocycles. The van der Waals surface area contributed by atoms with Crippen LogP contribution in [-0.4, -0.2) is 22.7 Å². The van der Waals surface area contributed by atoms with Crippen LogP contribution in [0.1, 0.15) is 50.8 Å². The van der Waals surface area contributed by atoms with Crippen molar-refractivity contribution in [2.45, 2.75) is 34.1 Å². The molecule has 0 radical (unpaired) electrons. The summed E-state index contributed by atoms with van der Waals surface area (Å²) < 4.78 is 0. The van der Waals surface area contributed by atoms with Gasteiger partial charge in [0.2, 0.25) is 0 Å². The highest BCUT2D eigenvalue weighted by atomic mass is 35.5. The van der Waals surface area contributed by atoms with Crippen molar-refractivity contribution in [2.75, 3.05) is 11.4 Å². The van der Waals surface area contributed by atoms with Crippen molar-refractivity contribution in [3.63, 3.8) is 0 Å². The molecule has 0 atom stereocenters. The van der Waals surface area contributed by atoms with Crippen molar-refractivity contribution >= 4 is 41.0 Å². The maximum absolute atomic E-state index is 6.72. The van der Waals surface area contributed by atoms with Gasteiger partial charge in [0.1, 0.15) is 12.1 Å². The van der Waals surface area contributed by atoms with Crippen LogP contribution in [0.15, 0.2) is 53.6 Å². The van der Waals surface area contributed by atoms with Gasteiger partial charge in [0.05, 0.1) is 5.70 Å². The molecule has 0 saturated heterocycles. The van der Waals surface area contributed by atoms with E-state index in [0.717, 1.165) is 58.0 Å². The fourth-order valence-electron chi connectivity index (χ4n) is 3.30. The molecule has 0 unspecified atom stereocenters. The molecule has 144 valence electrons. The maximum atomic E-state index is 6.72. The van der Waals surface area contributed by atoms with Crippen molar-refractivity contribution < 1.29 is 0 Å². The number of aliphatic imine (C=N–C) groups is 1. The Bertz CT molecular complexity index is 997. The predicted octanol–water partition coefficient (Wildman–Crippen LogP) is 6.26. The van der Waals surface area contributed by atoms with Gasteiger partial charge in [0, 0.05) is 51.9 Å². The quantitative estimate of drug-likeness (QED) is 0.564. The van der Waals surface area contributed by atoms with Gasteiger partial charge in [-0.05, 0) is 39.3 Å². The zero-order valence-electron chi connectivity index (χ0n) is 16.8. The summed E-state index contributed by atoms with van der Waals surface area (Å²) in [5.74, 6) is 0.875. The van der Waals surface area contributed by atoms with E-state index in [1.807, 2.05) is 24.5 Å². The smallest absolute Gasteiger partial charge is 0.143 e. The molecular weight excluding hydrogens is 368 g/mol. The Morgan fingerprint density at radius 2 is 2.07 bits per heavy atom. The molecule has 3 rings (SSSR count). The molecule has 4 nitrogen and oxygen atoms in total. The lowest BCUT2D eigenvalue weighted by molar-refractivity contribution is 0.937. The minimum absolute atomic E-state index is 0.673. The first-order valence-corrected chi connectivity index (χ1v) is 9.84. The molecule has 0 spiro atoms. The molecule has 2 aromatic rings. The van der Waals surface area contributed by atoms with Crippen molar-refractivity contribution in [3.8, 4) is 0 Å². The molecule has 0 fully saturated rings. The number of nitrogens with zero attached hydrogens (tertiary/aromatic N) is 4. The molecule has 1 aliphatic rings. The molecule has 0 bridgehead atoms. The highest BCUT2D eigenvalue weighted by Gasteiger charge is 2.24. The van der Waals surface area contributed by atoms with Gasteiger partial charge in [-0.3, -0.25) is 4.99 Å². The summed E-state index contributed by atoms with van der Waals surface area (Å²) in [7, 11) is 0. The van der Waals surface area contributed by atoms with Gasteiger partial charge in [0.25, 0.3) is 0 Å². The highest BCUT2D eigenvalue weighted by molar-refractivity contribution is 6.33. The number of hydrogen-bond acceptors (Lipinski definition) is 4. The summed E-state index contributed by atoms with van der Waals surface area (Å²) in [5.41, 5.74) is 6.89. The maximum Gasteiger partial charge on any atom is 0.143 e. The number of allylic oxidation sites excluding steroid dienone is 2. The Labute approximate surface area is 172 Å². The van der Waals surface area contributed by atoms with E-state index < -0.39 is 0 Å². The van der Waals surface area contributed by atoms with Crippen molar-refractivity contribution in [2.24, 2.45) is 4.99 Å². The summed E-state index contributed by atoms with van der Waals surface area (Å²) in [6.45, 7) is 13.3. The third-order valence-electron chi connectivity index (χ3n) is 4.64. The number of aromatic nitrogens is 2. The van der Waals surface area contributed by atoms with Crippen molar-refractivity contribution in [1.82, 2.24) is 9.97 Å². The van der Waals surface area contributed by atoms with Crippen LogP contribution in [0, 0.1) is 0 Å². The van der Waals surface area contributed by atoms with Gasteiger partial charge in [-0.25, -0.2) is 9.97 Å². The second-order valence-electron chi connectivity index (χ2n) is 6.81. The van der Waals surface area contributed by atoms with E-state index in [9.17, 15) is 0 Å². The van der Waals surface area contributed by atoms with E-state index in [1.165, 1.54) is 0 Å². The lowest BCUT2D eigenvalue weighted by atomic mass is 9.95. The molecule has 2 heterocycles. The fraction of sp³-hybridized carbons (Fsp3) is 0.261. The second kappa shape index (κ2) is 8.53. The number of fused-ring (bicyclic) bond motifs is 1. The first-order valence-electron chi connectivity index (χ1n) is 9.46. The minimum atomic E-state index is 0.673. The molecule has 0 amide bonds. The molecule has 28 heavy (non-hydrogen) atoms. The normalized spacial score (nSPS) is 13.5. The number of anilines is 1. The first kappa shape index (κ1) is 20.0. The van der Waals surface area contributed by atoms with E-state index in [-0.39, 0.29) is 0 Å². The number of likely N-dealkylation sites (N-methyl/N-ethyl adjacent to an activating group) is 1. The molecule has 1 aromatic heterocycles. The van der Waals surface area contributed by atoms with Gasteiger partial charge in [-0.15, -0.1) is 0 Å². The predicted molar refractivity (Wildman–Crippen MR) is 121 cm³/mol. The van der Waals surface area contributed by atoms with Crippen LogP contribution in [0.4, 0.5) is 5.82 Å². The second-order valence-corrected chi connectivity index (χ2v) is 7.22. The number of hydrogen-bond donors (Lipinski definition) is 0. The van der Waals surface area contributed by atoms with Crippen LogP contribution >= 0.6 is 11.6 Å². The Morgan fingerprint density at radius 1 is 1.29 bits per heavy atom. The monoisotopic (exact) mass is 392 g/mol. The summed E-state index contributed by atoms with van der Waals surface area (Å²) in [5, 5.41) is 0.673.